The summed E-state index contributed by atoms with van der Waals surface area (Å²) < 4.78 is 0. The number of non-ortho nitro benzene ring substituents is 1. The highest BCUT2D eigenvalue weighted by Crippen LogP contribution is 2.34. The van der Waals surface area contributed by atoms with Crippen molar-refractivity contribution >= 4 is 5.69 Å². The number of nitrogens with zero attached hydrogens (tertiary/aromatic N) is 3. The van der Waals surface area contributed by atoms with Gasteiger partial charge in [0.05, 0.1) is 17.1 Å². The van der Waals surface area contributed by atoms with Gasteiger partial charge in [-0.05, 0) is 48.6 Å². The normalized spacial score (nSPS) is 17.2. The largest absolute Gasteiger partial charge is 0.508 e. The highest BCUT2D eigenvalue weighted by Gasteiger charge is 2.35. The highest BCUT2D eigenvalue weighted by molar-refractivity contribution is 5.44. The van der Waals surface area contributed by atoms with Gasteiger partial charge in [0.1, 0.15) is 5.76 Å². The lowest BCUT2D eigenvalue weighted by Crippen LogP contribution is -2.25. The molecule has 0 bridgehead atoms. The Morgan fingerprint density at radius 3 is 2.41 bits per heavy atom. The maximum Gasteiger partial charge on any atom is 0.269 e. The number of nitro groups is 1. The molecule has 0 fully saturated rings. The summed E-state index contributed by atoms with van der Waals surface area (Å²) in [5, 5.41) is 39.0. The van der Waals surface area contributed by atoms with E-state index in [4.69, 9.17) is 0 Å². The number of hydrogen-bond acceptors (Lipinski definition) is 5. The Labute approximate surface area is 127 Å². The van der Waals surface area contributed by atoms with Crippen molar-refractivity contribution in [2.45, 2.75) is 18.3 Å². The van der Waals surface area contributed by atoms with Crippen LogP contribution in [0.4, 0.5) is 5.69 Å². The lowest BCUT2D eigenvalue weighted by atomic mass is 9.74. The summed E-state index contributed by atoms with van der Waals surface area (Å²) in [6, 6.07) is 9.56. The van der Waals surface area contributed by atoms with E-state index in [1.807, 2.05) is 12.1 Å². The van der Waals surface area contributed by atoms with Gasteiger partial charge in [0, 0.05) is 12.1 Å². The molecule has 6 heteroatoms. The minimum Gasteiger partial charge on any atom is -0.508 e. The number of nitro benzene ring substituents is 1. The van der Waals surface area contributed by atoms with Crippen LogP contribution in [0.1, 0.15) is 18.4 Å². The summed E-state index contributed by atoms with van der Waals surface area (Å²) in [7, 11) is 0. The zero-order valence-electron chi connectivity index (χ0n) is 11.6. The SMILES string of the molecule is N#CC(C#N)(CC1C=CC(O)=CC1)c1ccc([N+](=O)[O-])cc1. The van der Waals surface area contributed by atoms with Gasteiger partial charge in [0.2, 0.25) is 0 Å². The molecule has 0 saturated carbocycles. The quantitative estimate of drug-likeness (QED) is 0.676. The van der Waals surface area contributed by atoms with Gasteiger partial charge in [0.25, 0.3) is 5.69 Å². The lowest BCUT2D eigenvalue weighted by Gasteiger charge is -2.24. The van der Waals surface area contributed by atoms with Crippen molar-refractivity contribution in [3.63, 3.8) is 0 Å². The summed E-state index contributed by atoms with van der Waals surface area (Å²) in [6.07, 6.45) is 5.76. The van der Waals surface area contributed by atoms with E-state index in [1.165, 1.54) is 24.3 Å². The van der Waals surface area contributed by atoms with Crippen molar-refractivity contribution in [2.75, 3.05) is 0 Å². The second-order valence-electron chi connectivity index (χ2n) is 5.12. The molecule has 110 valence electrons. The summed E-state index contributed by atoms with van der Waals surface area (Å²) in [5.74, 6) is 0.122. The first-order valence-corrected chi connectivity index (χ1v) is 6.65. The van der Waals surface area contributed by atoms with E-state index in [0.29, 0.717) is 12.0 Å². The smallest absolute Gasteiger partial charge is 0.269 e. The van der Waals surface area contributed by atoms with Crippen LogP contribution in [0.5, 0.6) is 0 Å². The van der Waals surface area contributed by atoms with Crippen LogP contribution >= 0.6 is 0 Å². The Morgan fingerprint density at radius 2 is 1.95 bits per heavy atom. The van der Waals surface area contributed by atoms with E-state index in [0.717, 1.165) is 0 Å². The Kier molecular flexibility index (Phi) is 4.24. The Hall–Kier alpha value is -3.12. The molecule has 0 radical (unpaired) electrons. The number of hydrogen-bond donors (Lipinski definition) is 1. The third kappa shape index (κ3) is 2.97. The molecule has 1 aliphatic rings. The number of aliphatic hydroxyl groups is 1. The molecule has 22 heavy (non-hydrogen) atoms. The van der Waals surface area contributed by atoms with Gasteiger partial charge >= 0.3 is 0 Å². The van der Waals surface area contributed by atoms with Crippen molar-refractivity contribution in [1.82, 2.24) is 0 Å². The minimum atomic E-state index is -1.37. The van der Waals surface area contributed by atoms with Gasteiger partial charge in [0.15, 0.2) is 5.41 Å². The number of rotatable bonds is 4. The summed E-state index contributed by atoms with van der Waals surface area (Å²) in [4.78, 5) is 10.2. The van der Waals surface area contributed by atoms with Gasteiger partial charge in [-0.15, -0.1) is 0 Å². The topological polar surface area (TPSA) is 111 Å². The van der Waals surface area contributed by atoms with Crippen LogP contribution in [0.3, 0.4) is 0 Å². The van der Waals surface area contributed by atoms with Crippen molar-refractivity contribution in [3.05, 3.63) is 63.9 Å². The Balaban J connectivity index is 2.29. The standard InChI is InChI=1S/C16H13N3O3/c17-10-16(11-18,9-12-1-7-15(20)8-2-12)13-3-5-14(6-4-13)19(21)22/h1,3-8,12,20H,2,9H2. The molecule has 0 saturated heterocycles. The molecule has 1 atom stereocenters. The number of allylic oxidation sites excluding steroid dienone is 3. The molecule has 0 spiro atoms. The maximum absolute atomic E-state index is 10.7. The molecule has 1 aromatic rings. The van der Waals surface area contributed by atoms with Gasteiger partial charge < -0.3 is 5.11 Å². The van der Waals surface area contributed by atoms with Crippen LogP contribution in [0.2, 0.25) is 0 Å². The second kappa shape index (κ2) is 6.11. The van der Waals surface area contributed by atoms with Gasteiger partial charge in [-0.2, -0.15) is 10.5 Å². The van der Waals surface area contributed by atoms with E-state index >= 15 is 0 Å². The van der Waals surface area contributed by atoms with Crippen LogP contribution in [-0.2, 0) is 5.41 Å². The first kappa shape index (κ1) is 15.3. The molecule has 6 nitrogen and oxygen atoms in total. The molecule has 1 aliphatic carbocycles. The molecule has 0 amide bonds. The zero-order valence-corrected chi connectivity index (χ0v) is 11.6. The summed E-state index contributed by atoms with van der Waals surface area (Å²) in [5.41, 5.74) is -1.01. The van der Waals surface area contributed by atoms with E-state index in [-0.39, 0.29) is 23.8 Å². The average molecular weight is 295 g/mol. The van der Waals surface area contributed by atoms with Crippen LogP contribution < -0.4 is 0 Å². The predicted octanol–water partition coefficient (Wildman–Crippen LogP) is 3.29. The van der Waals surface area contributed by atoms with Crippen molar-refractivity contribution in [2.24, 2.45) is 5.92 Å². The van der Waals surface area contributed by atoms with E-state index in [2.05, 4.69) is 0 Å². The lowest BCUT2D eigenvalue weighted by molar-refractivity contribution is -0.384. The van der Waals surface area contributed by atoms with Crippen LogP contribution in [0.25, 0.3) is 0 Å². The van der Waals surface area contributed by atoms with Crippen LogP contribution in [0, 0.1) is 38.7 Å². The van der Waals surface area contributed by atoms with Crippen molar-refractivity contribution in [1.29, 1.82) is 10.5 Å². The number of nitriles is 2. The van der Waals surface area contributed by atoms with Crippen molar-refractivity contribution in [3.8, 4) is 12.1 Å². The third-order valence-corrected chi connectivity index (χ3v) is 3.69. The average Bonchev–Trinajstić information content (AvgIpc) is 2.55. The fourth-order valence-corrected chi connectivity index (χ4v) is 2.43. The summed E-state index contributed by atoms with van der Waals surface area (Å²) in [6.45, 7) is 0. The van der Waals surface area contributed by atoms with Gasteiger partial charge in [-0.1, -0.05) is 6.08 Å². The second-order valence-corrected chi connectivity index (χ2v) is 5.12. The molecule has 0 aromatic heterocycles. The molecular formula is C16H13N3O3. The zero-order chi connectivity index (χ0) is 16.2. The Bertz CT molecular complexity index is 706. The fourth-order valence-electron chi connectivity index (χ4n) is 2.43. The molecule has 1 unspecified atom stereocenters. The third-order valence-electron chi connectivity index (χ3n) is 3.69. The van der Waals surface area contributed by atoms with E-state index < -0.39 is 10.3 Å². The minimum absolute atomic E-state index is 0.0506. The molecule has 0 heterocycles. The highest BCUT2D eigenvalue weighted by atomic mass is 16.6. The summed E-state index contributed by atoms with van der Waals surface area (Å²) >= 11 is 0. The molecule has 1 N–H and O–H groups in total. The molecule has 2 rings (SSSR count). The maximum atomic E-state index is 10.7. The van der Waals surface area contributed by atoms with Crippen molar-refractivity contribution < 1.29 is 10.0 Å². The number of aliphatic hydroxyl groups excluding tert-OH is 1. The van der Waals surface area contributed by atoms with E-state index in [9.17, 15) is 25.7 Å². The molecule has 0 aliphatic heterocycles. The first-order valence-electron chi connectivity index (χ1n) is 6.65. The first-order chi connectivity index (χ1) is 10.5. The molecular weight excluding hydrogens is 282 g/mol. The predicted molar refractivity (Wildman–Crippen MR) is 78.6 cm³/mol. The fraction of sp³-hybridized carbons (Fsp3) is 0.250. The Morgan fingerprint density at radius 1 is 1.32 bits per heavy atom. The van der Waals surface area contributed by atoms with Crippen LogP contribution in [0.15, 0.2) is 48.3 Å². The monoisotopic (exact) mass is 295 g/mol. The van der Waals surface area contributed by atoms with Gasteiger partial charge in [-0.3, -0.25) is 10.1 Å². The van der Waals surface area contributed by atoms with E-state index in [1.54, 1.807) is 18.2 Å². The van der Waals surface area contributed by atoms with Gasteiger partial charge in [-0.25, -0.2) is 0 Å². The van der Waals surface area contributed by atoms with Crippen LogP contribution in [-0.4, -0.2) is 10.0 Å². The molecule has 1 aromatic carbocycles. The number of benzene rings is 1.